The topological polar surface area (TPSA) is 55.8 Å². The minimum Gasteiger partial charge on any atom is -0.357 e. The molecule has 0 atom stereocenters. The second-order valence-corrected chi connectivity index (χ2v) is 9.66. The van der Waals surface area contributed by atoms with Crippen molar-refractivity contribution in [3.05, 3.63) is 15.6 Å². The van der Waals surface area contributed by atoms with Gasteiger partial charge in [0.25, 0.3) is 0 Å². The van der Waals surface area contributed by atoms with E-state index in [-0.39, 0.29) is 5.54 Å². The van der Waals surface area contributed by atoms with Crippen LogP contribution in [-0.4, -0.2) is 72.6 Å². The quantitative estimate of drug-likeness (QED) is 0.562. The highest BCUT2D eigenvalue weighted by molar-refractivity contribution is 7.11. The van der Waals surface area contributed by atoms with Gasteiger partial charge >= 0.3 is 0 Å². The van der Waals surface area contributed by atoms with Crippen molar-refractivity contribution in [3.63, 3.8) is 0 Å². The van der Waals surface area contributed by atoms with Crippen LogP contribution in [0.15, 0.2) is 4.99 Å². The van der Waals surface area contributed by atoms with Gasteiger partial charge in [-0.15, -0.1) is 11.3 Å². The van der Waals surface area contributed by atoms with Crippen molar-refractivity contribution < 1.29 is 0 Å². The van der Waals surface area contributed by atoms with Gasteiger partial charge in [-0.25, -0.2) is 9.98 Å². The minimum absolute atomic E-state index is 0.261. The summed E-state index contributed by atoms with van der Waals surface area (Å²) >= 11 is 1.76. The largest absolute Gasteiger partial charge is 0.357 e. The van der Waals surface area contributed by atoms with E-state index >= 15 is 0 Å². The molecule has 2 saturated heterocycles. The fourth-order valence-corrected chi connectivity index (χ4v) is 5.21. The van der Waals surface area contributed by atoms with Crippen LogP contribution in [0, 0.1) is 13.8 Å². The van der Waals surface area contributed by atoms with Crippen molar-refractivity contribution in [1.82, 2.24) is 25.4 Å². The first kappa shape index (κ1) is 21.5. The number of piperidine rings is 2. The van der Waals surface area contributed by atoms with Crippen molar-refractivity contribution in [1.29, 1.82) is 0 Å². The Kier molecular flexibility index (Phi) is 7.71. The highest BCUT2D eigenvalue weighted by Crippen LogP contribution is 2.30. The molecule has 0 saturated carbocycles. The number of likely N-dealkylation sites (tertiary alicyclic amines) is 2. The van der Waals surface area contributed by atoms with Gasteiger partial charge in [0.15, 0.2) is 5.96 Å². The molecule has 3 heterocycles. The number of hydrogen-bond donors (Lipinski definition) is 2. The lowest BCUT2D eigenvalue weighted by molar-refractivity contribution is 0.0173. The van der Waals surface area contributed by atoms with Gasteiger partial charge in [-0.3, -0.25) is 4.90 Å². The molecule has 7 heteroatoms. The summed E-state index contributed by atoms with van der Waals surface area (Å²) in [5, 5.41) is 8.21. The Morgan fingerprint density at radius 3 is 2.43 bits per heavy atom. The van der Waals surface area contributed by atoms with Crippen LogP contribution in [0.4, 0.5) is 0 Å². The number of guanidine groups is 1. The maximum absolute atomic E-state index is 4.83. The lowest BCUT2D eigenvalue weighted by Gasteiger charge is -2.50. The molecule has 0 aromatic carbocycles. The Labute approximate surface area is 174 Å². The van der Waals surface area contributed by atoms with Crippen LogP contribution >= 0.6 is 11.3 Å². The first-order chi connectivity index (χ1) is 13.5. The van der Waals surface area contributed by atoms with Gasteiger partial charge in [0.05, 0.1) is 12.2 Å². The van der Waals surface area contributed by atoms with E-state index < -0.39 is 0 Å². The second kappa shape index (κ2) is 10.0. The summed E-state index contributed by atoms with van der Waals surface area (Å²) < 4.78 is 0. The Morgan fingerprint density at radius 2 is 1.82 bits per heavy atom. The Morgan fingerprint density at radius 1 is 1.11 bits per heavy atom. The van der Waals surface area contributed by atoms with Crippen LogP contribution in [0.3, 0.4) is 0 Å². The number of nitrogens with one attached hydrogen (secondary N) is 2. The fraction of sp³-hybridized carbons (Fsp3) is 0.810. The summed E-state index contributed by atoms with van der Waals surface area (Å²) in [7, 11) is 2.25. The smallest absolute Gasteiger partial charge is 0.191 e. The van der Waals surface area contributed by atoms with Crippen LogP contribution in [0.5, 0.6) is 0 Å². The van der Waals surface area contributed by atoms with E-state index in [0.717, 1.165) is 29.8 Å². The normalized spacial score (nSPS) is 21.6. The molecule has 28 heavy (non-hydrogen) atoms. The molecule has 3 rings (SSSR count). The summed E-state index contributed by atoms with van der Waals surface area (Å²) in [5.74, 6) is 0.920. The lowest BCUT2D eigenvalue weighted by Crippen LogP contribution is -2.62. The number of aliphatic imine (C=N–C) groups is 1. The lowest BCUT2D eigenvalue weighted by atomic mass is 9.84. The molecule has 2 aliphatic heterocycles. The molecule has 0 bridgehead atoms. The summed E-state index contributed by atoms with van der Waals surface area (Å²) in [6.45, 7) is 13.7. The van der Waals surface area contributed by atoms with Crippen LogP contribution in [-0.2, 0) is 6.54 Å². The molecule has 2 aliphatic rings. The predicted molar refractivity (Wildman–Crippen MR) is 119 cm³/mol. The molecule has 6 nitrogen and oxygen atoms in total. The van der Waals surface area contributed by atoms with E-state index in [0.29, 0.717) is 6.54 Å². The number of rotatable bonds is 6. The van der Waals surface area contributed by atoms with Gasteiger partial charge in [0.1, 0.15) is 5.01 Å². The summed E-state index contributed by atoms with van der Waals surface area (Å²) in [5.41, 5.74) is 1.39. The molecule has 1 aromatic heterocycles. The molecule has 1 aromatic rings. The highest BCUT2D eigenvalue weighted by Gasteiger charge is 2.39. The van der Waals surface area contributed by atoms with E-state index in [1.54, 1.807) is 11.3 Å². The minimum atomic E-state index is 0.261. The Balaban J connectivity index is 1.66. The number of hydrogen-bond acceptors (Lipinski definition) is 5. The van der Waals surface area contributed by atoms with Crippen LogP contribution in [0.2, 0.25) is 0 Å². The summed E-state index contributed by atoms with van der Waals surface area (Å²) in [6.07, 6.45) is 6.54. The molecular formula is C21H38N6S. The zero-order valence-electron chi connectivity index (χ0n) is 18.2. The van der Waals surface area contributed by atoms with Gasteiger partial charge in [-0.1, -0.05) is 6.42 Å². The van der Waals surface area contributed by atoms with E-state index in [9.17, 15) is 0 Å². The second-order valence-electron chi connectivity index (χ2n) is 8.37. The van der Waals surface area contributed by atoms with Gasteiger partial charge < -0.3 is 15.5 Å². The van der Waals surface area contributed by atoms with Crippen molar-refractivity contribution in [3.8, 4) is 0 Å². The first-order valence-corrected chi connectivity index (χ1v) is 11.7. The summed E-state index contributed by atoms with van der Waals surface area (Å²) in [6, 6.07) is 0. The number of nitrogens with zero attached hydrogens (tertiary/aromatic N) is 4. The molecule has 0 aliphatic carbocycles. The third-order valence-electron chi connectivity index (χ3n) is 6.32. The fourth-order valence-electron chi connectivity index (χ4n) is 4.35. The zero-order chi connectivity index (χ0) is 20.0. The molecule has 0 amide bonds. The highest BCUT2D eigenvalue weighted by atomic mass is 32.1. The van der Waals surface area contributed by atoms with Gasteiger partial charge in [-0.05, 0) is 79.7 Å². The number of aromatic nitrogens is 1. The molecule has 158 valence electrons. The van der Waals surface area contributed by atoms with Gasteiger partial charge in [0.2, 0.25) is 0 Å². The van der Waals surface area contributed by atoms with E-state index in [1.807, 2.05) is 0 Å². The Bertz CT molecular complexity index is 622. The average Bonchev–Trinajstić information content (AvgIpc) is 3.04. The Hall–Kier alpha value is -1.18. The number of aryl methyl sites for hydroxylation is 2. The molecule has 0 radical (unpaired) electrons. The maximum atomic E-state index is 4.83. The summed E-state index contributed by atoms with van der Waals surface area (Å²) in [4.78, 5) is 16.0. The SMILES string of the molecule is CCNC(=NCc1nc(C)c(C)s1)NCC1(N2CCCCC2)CCN(C)CC1. The maximum Gasteiger partial charge on any atom is 0.191 e. The van der Waals surface area contributed by atoms with E-state index in [2.05, 4.69) is 53.2 Å². The van der Waals surface area contributed by atoms with Crippen molar-refractivity contribution in [2.45, 2.75) is 65.0 Å². The van der Waals surface area contributed by atoms with Crippen molar-refractivity contribution >= 4 is 17.3 Å². The van der Waals surface area contributed by atoms with E-state index in [4.69, 9.17) is 4.99 Å². The van der Waals surface area contributed by atoms with E-state index in [1.165, 1.54) is 63.2 Å². The molecule has 0 unspecified atom stereocenters. The van der Waals surface area contributed by atoms with Gasteiger partial charge in [0, 0.05) is 23.5 Å². The third-order valence-corrected chi connectivity index (χ3v) is 7.38. The molecular weight excluding hydrogens is 368 g/mol. The van der Waals surface area contributed by atoms with Crippen LogP contribution < -0.4 is 10.6 Å². The standard InChI is InChI=1S/C21H38N6S/c1-5-22-20(23-15-19-25-17(2)18(3)28-19)24-16-21(9-13-26(4)14-10-21)27-11-7-6-8-12-27/h5-16H2,1-4H3,(H2,22,23,24). The monoisotopic (exact) mass is 406 g/mol. The third kappa shape index (κ3) is 5.45. The van der Waals surface area contributed by atoms with Crippen LogP contribution in [0.1, 0.15) is 54.6 Å². The molecule has 2 fully saturated rings. The zero-order valence-corrected chi connectivity index (χ0v) is 19.0. The van der Waals surface area contributed by atoms with Gasteiger partial charge in [-0.2, -0.15) is 0 Å². The van der Waals surface area contributed by atoms with Crippen molar-refractivity contribution in [2.24, 2.45) is 4.99 Å². The molecule has 2 N–H and O–H groups in total. The van der Waals surface area contributed by atoms with Crippen molar-refractivity contribution in [2.75, 3.05) is 46.3 Å². The average molecular weight is 407 g/mol. The first-order valence-electron chi connectivity index (χ1n) is 10.9. The van der Waals surface area contributed by atoms with Crippen LogP contribution in [0.25, 0.3) is 0 Å². The number of thiazole rings is 1. The predicted octanol–water partition coefficient (Wildman–Crippen LogP) is 2.77. The molecule has 0 spiro atoms.